The zero-order chi connectivity index (χ0) is 16.5. The zero-order valence-electron chi connectivity index (χ0n) is 13.3. The van der Waals surface area contributed by atoms with Crippen LogP contribution in [0.1, 0.15) is 23.5 Å². The van der Waals surface area contributed by atoms with Crippen LogP contribution in [0.5, 0.6) is 11.5 Å². The highest BCUT2D eigenvalue weighted by molar-refractivity contribution is 5.45. The van der Waals surface area contributed by atoms with E-state index in [4.69, 9.17) is 9.47 Å². The Morgan fingerprint density at radius 2 is 2.00 bits per heavy atom. The molecule has 126 valence electrons. The molecule has 0 spiro atoms. The first-order valence-electron chi connectivity index (χ1n) is 8.23. The second-order valence-electron chi connectivity index (χ2n) is 6.44. The molecule has 5 heteroatoms. The van der Waals surface area contributed by atoms with Crippen molar-refractivity contribution in [3.63, 3.8) is 0 Å². The molecule has 0 amide bonds. The molecular weight excluding hydrogens is 309 g/mol. The molecule has 2 aliphatic rings. The van der Waals surface area contributed by atoms with Gasteiger partial charge in [0.15, 0.2) is 11.5 Å². The Bertz CT molecular complexity index is 736. The number of ether oxygens (including phenoxy) is 2. The van der Waals surface area contributed by atoms with Crippen molar-refractivity contribution in [2.45, 2.75) is 25.0 Å². The van der Waals surface area contributed by atoms with Gasteiger partial charge in [0.1, 0.15) is 5.82 Å². The SMILES string of the molecule is O[C@@H]1CN(Cc2cccc(F)c2)CC[C@H]1c1ccc2c(c1)OCO2. The molecule has 4 rings (SSSR count). The van der Waals surface area contributed by atoms with E-state index in [0.717, 1.165) is 35.6 Å². The Labute approximate surface area is 140 Å². The zero-order valence-corrected chi connectivity index (χ0v) is 13.3. The van der Waals surface area contributed by atoms with Crippen molar-refractivity contribution in [3.05, 3.63) is 59.4 Å². The van der Waals surface area contributed by atoms with E-state index < -0.39 is 6.10 Å². The van der Waals surface area contributed by atoms with Gasteiger partial charge < -0.3 is 14.6 Å². The normalized spacial score (nSPS) is 23.4. The largest absolute Gasteiger partial charge is 0.454 e. The molecule has 0 unspecified atom stereocenters. The lowest BCUT2D eigenvalue weighted by atomic mass is 9.86. The number of hydrogen-bond acceptors (Lipinski definition) is 4. The monoisotopic (exact) mass is 329 g/mol. The van der Waals surface area contributed by atoms with Crippen LogP contribution in [-0.2, 0) is 6.54 Å². The number of β-amino-alcohol motifs (C(OH)–C–C–N with tert-alkyl or cyclic N) is 1. The second-order valence-corrected chi connectivity index (χ2v) is 6.44. The van der Waals surface area contributed by atoms with Crippen LogP contribution in [0.15, 0.2) is 42.5 Å². The fourth-order valence-electron chi connectivity index (χ4n) is 3.57. The van der Waals surface area contributed by atoms with Gasteiger partial charge in [0, 0.05) is 19.0 Å². The van der Waals surface area contributed by atoms with E-state index in [1.54, 1.807) is 12.1 Å². The number of hydrogen-bond donors (Lipinski definition) is 1. The minimum Gasteiger partial charge on any atom is -0.454 e. The van der Waals surface area contributed by atoms with E-state index >= 15 is 0 Å². The predicted octanol–water partition coefficient (Wildman–Crippen LogP) is 2.90. The third kappa shape index (κ3) is 3.09. The molecule has 0 aromatic heterocycles. The molecule has 1 saturated heterocycles. The molecule has 2 atom stereocenters. The van der Waals surface area contributed by atoms with Crippen molar-refractivity contribution in [1.82, 2.24) is 4.90 Å². The number of halogens is 1. The lowest BCUT2D eigenvalue weighted by Crippen LogP contribution is -2.42. The van der Waals surface area contributed by atoms with Crippen LogP contribution in [-0.4, -0.2) is 36.0 Å². The van der Waals surface area contributed by atoms with Gasteiger partial charge in [-0.15, -0.1) is 0 Å². The van der Waals surface area contributed by atoms with Gasteiger partial charge >= 0.3 is 0 Å². The first-order chi connectivity index (χ1) is 11.7. The maximum absolute atomic E-state index is 13.3. The summed E-state index contributed by atoms with van der Waals surface area (Å²) in [6.45, 7) is 2.36. The van der Waals surface area contributed by atoms with E-state index in [2.05, 4.69) is 4.90 Å². The predicted molar refractivity (Wildman–Crippen MR) is 87.6 cm³/mol. The van der Waals surface area contributed by atoms with Gasteiger partial charge in [-0.05, 0) is 48.4 Å². The molecule has 4 nitrogen and oxygen atoms in total. The summed E-state index contributed by atoms with van der Waals surface area (Å²) < 4.78 is 24.1. The number of likely N-dealkylation sites (tertiary alicyclic amines) is 1. The maximum Gasteiger partial charge on any atom is 0.231 e. The quantitative estimate of drug-likeness (QED) is 0.940. The molecule has 2 aromatic carbocycles. The fourth-order valence-corrected chi connectivity index (χ4v) is 3.57. The Kier molecular flexibility index (Phi) is 4.12. The number of aliphatic hydroxyl groups excluding tert-OH is 1. The first-order valence-corrected chi connectivity index (χ1v) is 8.23. The van der Waals surface area contributed by atoms with Crippen molar-refractivity contribution in [3.8, 4) is 11.5 Å². The van der Waals surface area contributed by atoms with Crippen molar-refractivity contribution in [2.75, 3.05) is 19.9 Å². The molecule has 24 heavy (non-hydrogen) atoms. The Balaban J connectivity index is 1.43. The highest BCUT2D eigenvalue weighted by Gasteiger charge is 2.30. The fraction of sp³-hybridized carbons (Fsp3) is 0.368. The molecular formula is C19H20FNO3. The summed E-state index contributed by atoms with van der Waals surface area (Å²) in [5.41, 5.74) is 2.01. The molecule has 2 aliphatic heterocycles. The van der Waals surface area contributed by atoms with Gasteiger partial charge in [-0.3, -0.25) is 4.90 Å². The smallest absolute Gasteiger partial charge is 0.231 e. The number of benzene rings is 2. The van der Waals surface area contributed by atoms with Crippen molar-refractivity contribution in [2.24, 2.45) is 0 Å². The summed E-state index contributed by atoms with van der Waals surface area (Å²) in [5, 5.41) is 10.6. The molecule has 0 bridgehead atoms. The molecule has 0 saturated carbocycles. The Morgan fingerprint density at radius 1 is 1.12 bits per heavy atom. The number of rotatable bonds is 3. The third-order valence-corrected chi connectivity index (χ3v) is 4.79. The van der Waals surface area contributed by atoms with E-state index in [0.29, 0.717) is 13.1 Å². The van der Waals surface area contributed by atoms with E-state index in [1.165, 1.54) is 6.07 Å². The van der Waals surface area contributed by atoms with Gasteiger partial charge in [-0.1, -0.05) is 18.2 Å². The second kappa shape index (κ2) is 6.42. The Morgan fingerprint density at radius 3 is 2.83 bits per heavy atom. The van der Waals surface area contributed by atoms with Crippen LogP contribution in [0, 0.1) is 5.82 Å². The summed E-state index contributed by atoms with van der Waals surface area (Å²) in [5.74, 6) is 1.38. The van der Waals surface area contributed by atoms with E-state index in [9.17, 15) is 9.50 Å². The van der Waals surface area contributed by atoms with Crippen molar-refractivity contribution < 1.29 is 19.0 Å². The minimum absolute atomic E-state index is 0.0864. The summed E-state index contributed by atoms with van der Waals surface area (Å²) in [6.07, 6.45) is 0.406. The topological polar surface area (TPSA) is 41.9 Å². The summed E-state index contributed by atoms with van der Waals surface area (Å²) in [6, 6.07) is 12.5. The molecule has 0 aliphatic carbocycles. The van der Waals surface area contributed by atoms with Gasteiger partial charge in [0.05, 0.1) is 6.10 Å². The average molecular weight is 329 g/mol. The first kappa shape index (κ1) is 15.4. The van der Waals surface area contributed by atoms with Gasteiger partial charge in [0.25, 0.3) is 0 Å². The molecule has 1 N–H and O–H groups in total. The van der Waals surface area contributed by atoms with Gasteiger partial charge in [-0.25, -0.2) is 4.39 Å². The van der Waals surface area contributed by atoms with Crippen LogP contribution in [0.25, 0.3) is 0 Å². The van der Waals surface area contributed by atoms with Gasteiger partial charge in [0.2, 0.25) is 6.79 Å². The summed E-state index contributed by atoms with van der Waals surface area (Å²) in [4.78, 5) is 2.17. The van der Waals surface area contributed by atoms with Crippen LogP contribution < -0.4 is 9.47 Å². The summed E-state index contributed by atoms with van der Waals surface area (Å²) in [7, 11) is 0. The maximum atomic E-state index is 13.3. The lowest BCUT2D eigenvalue weighted by molar-refractivity contribution is 0.0476. The standard InChI is InChI=1S/C19H20FNO3/c20-15-3-1-2-13(8-15)10-21-7-6-16(17(22)11-21)14-4-5-18-19(9-14)24-12-23-18/h1-5,8-9,16-17,22H,6-7,10-12H2/t16-,17+/m0/s1. The highest BCUT2D eigenvalue weighted by Crippen LogP contribution is 2.37. The number of fused-ring (bicyclic) bond motifs is 1. The molecule has 2 aromatic rings. The number of nitrogens with zero attached hydrogens (tertiary/aromatic N) is 1. The van der Waals surface area contributed by atoms with Crippen molar-refractivity contribution >= 4 is 0 Å². The Hall–Kier alpha value is -2.11. The van der Waals surface area contributed by atoms with Crippen molar-refractivity contribution in [1.29, 1.82) is 0 Å². The lowest BCUT2D eigenvalue weighted by Gasteiger charge is -2.36. The van der Waals surface area contributed by atoms with E-state index in [1.807, 2.05) is 24.3 Å². The van der Waals surface area contributed by atoms with Crippen LogP contribution in [0.3, 0.4) is 0 Å². The van der Waals surface area contributed by atoms with Gasteiger partial charge in [-0.2, -0.15) is 0 Å². The van der Waals surface area contributed by atoms with Crippen LogP contribution in [0.2, 0.25) is 0 Å². The third-order valence-electron chi connectivity index (χ3n) is 4.79. The average Bonchev–Trinajstić information content (AvgIpc) is 3.02. The minimum atomic E-state index is -0.451. The van der Waals surface area contributed by atoms with Crippen LogP contribution >= 0.6 is 0 Å². The molecule has 1 fully saturated rings. The number of aliphatic hydroxyl groups is 1. The molecule has 2 heterocycles. The highest BCUT2D eigenvalue weighted by atomic mass is 19.1. The molecule has 0 radical (unpaired) electrons. The summed E-state index contributed by atoms with van der Waals surface area (Å²) >= 11 is 0. The van der Waals surface area contributed by atoms with E-state index in [-0.39, 0.29) is 18.5 Å². The van der Waals surface area contributed by atoms with Crippen LogP contribution in [0.4, 0.5) is 4.39 Å². The number of piperidine rings is 1.